The van der Waals surface area contributed by atoms with E-state index in [0.29, 0.717) is 13.1 Å². The van der Waals surface area contributed by atoms with E-state index in [0.717, 1.165) is 17.4 Å². The lowest BCUT2D eigenvalue weighted by Crippen LogP contribution is -2.33. The second kappa shape index (κ2) is 6.44. The van der Waals surface area contributed by atoms with Crippen LogP contribution < -0.4 is 5.32 Å². The smallest absolute Gasteiger partial charge is 0.316 e. The van der Waals surface area contributed by atoms with Crippen molar-refractivity contribution in [2.24, 2.45) is 0 Å². The highest BCUT2D eigenvalue weighted by Gasteiger charge is 2.22. The minimum atomic E-state index is -3.26. The number of nitrogens with one attached hydrogen (secondary N) is 1. The lowest BCUT2D eigenvalue weighted by atomic mass is 10.1. The van der Waals surface area contributed by atoms with Gasteiger partial charge in [0.2, 0.25) is 0 Å². The number of amides is 2. The normalized spacial score (nSPS) is 14.5. The van der Waals surface area contributed by atoms with Crippen molar-refractivity contribution in [1.29, 1.82) is 0 Å². The van der Waals surface area contributed by atoms with Crippen molar-refractivity contribution in [3.63, 3.8) is 0 Å². The summed E-state index contributed by atoms with van der Waals surface area (Å²) in [6, 6.07) is 9.30. The Labute approximate surface area is 139 Å². The number of rotatable bonds is 4. The third-order valence-corrected chi connectivity index (χ3v) is 4.21. The number of urea groups is 1. The summed E-state index contributed by atoms with van der Waals surface area (Å²) in [7, 11) is -3.26. The van der Waals surface area contributed by atoms with E-state index >= 15 is 0 Å². The van der Waals surface area contributed by atoms with Crippen molar-refractivity contribution in [1.82, 2.24) is 15.0 Å². The van der Waals surface area contributed by atoms with Crippen LogP contribution in [0.5, 0.6) is 0 Å². The predicted molar refractivity (Wildman–Crippen MR) is 87.9 cm³/mol. The van der Waals surface area contributed by atoms with Crippen molar-refractivity contribution in [2.75, 3.05) is 24.7 Å². The SMILES string of the molecule is CS(=O)(=O)Cc1noc(NC(=O)N2CC=C(c3ccccc3)C2)n1. The van der Waals surface area contributed by atoms with Crippen molar-refractivity contribution >= 4 is 27.5 Å². The molecule has 0 unspecified atom stereocenters. The third kappa shape index (κ3) is 3.99. The molecule has 0 aliphatic carbocycles. The first kappa shape index (κ1) is 16.2. The molecule has 0 bridgehead atoms. The Morgan fingerprint density at radius 3 is 2.79 bits per heavy atom. The van der Waals surface area contributed by atoms with E-state index in [1.54, 1.807) is 4.90 Å². The number of carbonyl (C=O) groups is 1. The molecule has 1 aliphatic rings. The van der Waals surface area contributed by atoms with E-state index in [1.807, 2.05) is 36.4 Å². The van der Waals surface area contributed by atoms with Gasteiger partial charge in [-0.05, 0) is 11.1 Å². The molecule has 1 aromatic carbocycles. The van der Waals surface area contributed by atoms with Crippen LogP contribution in [-0.2, 0) is 15.6 Å². The number of carbonyl (C=O) groups excluding carboxylic acids is 1. The van der Waals surface area contributed by atoms with E-state index in [2.05, 4.69) is 15.5 Å². The van der Waals surface area contributed by atoms with Crippen molar-refractivity contribution in [3.8, 4) is 0 Å². The molecule has 2 aromatic rings. The van der Waals surface area contributed by atoms with Gasteiger partial charge in [0.05, 0.1) is 0 Å². The molecule has 2 heterocycles. The topological polar surface area (TPSA) is 105 Å². The Hall–Kier alpha value is -2.68. The van der Waals surface area contributed by atoms with Crippen LogP contribution in [0.25, 0.3) is 5.57 Å². The molecule has 0 saturated carbocycles. The molecule has 1 aliphatic heterocycles. The van der Waals surface area contributed by atoms with Gasteiger partial charge in [0.25, 0.3) is 0 Å². The summed E-state index contributed by atoms with van der Waals surface area (Å²) < 4.78 is 27.2. The lowest BCUT2D eigenvalue weighted by molar-refractivity contribution is 0.223. The first-order valence-corrected chi connectivity index (χ1v) is 9.27. The lowest BCUT2D eigenvalue weighted by Gasteiger charge is -2.15. The van der Waals surface area contributed by atoms with Crippen LogP contribution in [0, 0.1) is 0 Å². The average Bonchev–Trinajstić information content (AvgIpc) is 3.16. The number of sulfone groups is 1. The van der Waals surface area contributed by atoms with Crippen LogP contribution in [-0.4, -0.2) is 48.8 Å². The highest BCUT2D eigenvalue weighted by Crippen LogP contribution is 2.21. The fraction of sp³-hybridized carbons (Fsp3) is 0.267. The maximum Gasteiger partial charge on any atom is 0.329 e. The standard InChI is InChI=1S/C15H16N4O4S/c1-24(21,22)10-13-16-14(23-18-13)17-15(20)19-8-7-12(9-19)11-5-3-2-4-6-11/h2-7H,8-10H2,1H3,(H,16,17,18,20). The minimum Gasteiger partial charge on any atom is -0.316 e. The van der Waals surface area contributed by atoms with E-state index in [4.69, 9.17) is 4.52 Å². The Morgan fingerprint density at radius 1 is 1.33 bits per heavy atom. The molecule has 126 valence electrons. The van der Waals surface area contributed by atoms with Crippen LogP contribution in [0.2, 0.25) is 0 Å². The van der Waals surface area contributed by atoms with Crippen LogP contribution in [0.1, 0.15) is 11.4 Å². The van der Waals surface area contributed by atoms with Crippen LogP contribution in [0.3, 0.4) is 0 Å². The zero-order chi connectivity index (χ0) is 17.2. The van der Waals surface area contributed by atoms with Gasteiger partial charge in [0, 0.05) is 19.3 Å². The van der Waals surface area contributed by atoms with Gasteiger partial charge in [-0.25, -0.2) is 13.2 Å². The Balaban J connectivity index is 1.59. The highest BCUT2D eigenvalue weighted by molar-refractivity contribution is 7.89. The second-order valence-electron chi connectivity index (χ2n) is 5.49. The summed E-state index contributed by atoms with van der Waals surface area (Å²) in [6.45, 7) is 0.945. The summed E-state index contributed by atoms with van der Waals surface area (Å²) in [5, 5.41) is 6.01. The second-order valence-corrected chi connectivity index (χ2v) is 7.63. The number of benzene rings is 1. The first-order chi connectivity index (χ1) is 11.4. The molecule has 0 radical (unpaired) electrons. The largest absolute Gasteiger partial charge is 0.329 e. The Kier molecular flexibility index (Phi) is 4.34. The van der Waals surface area contributed by atoms with Gasteiger partial charge in [-0.1, -0.05) is 41.6 Å². The number of nitrogens with zero attached hydrogens (tertiary/aromatic N) is 3. The number of hydrogen-bond donors (Lipinski definition) is 1. The molecule has 2 amide bonds. The van der Waals surface area contributed by atoms with Crippen molar-refractivity contribution in [2.45, 2.75) is 5.75 Å². The van der Waals surface area contributed by atoms with Crippen molar-refractivity contribution < 1.29 is 17.7 Å². The van der Waals surface area contributed by atoms with Gasteiger partial charge in [-0.2, -0.15) is 4.98 Å². The van der Waals surface area contributed by atoms with Crippen LogP contribution in [0.15, 0.2) is 40.9 Å². The fourth-order valence-corrected chi connectivity index (χ4v) is 2.93. The first-order valence-electron chi connectivity index (χ1n) is 7.21. The summed E-state index contributed by atoms with van der Waals surface area (Å²) in [5.74, 6) is -0.326. The molecule has 3 rings (SSSR count). The summed E-state index contributed by atoms with van der Waals surface area (Å²) in [5.41, 5.74) is 2.13. The van der Waals surface area contributed by atoms with Crippen LogP contribution in [0.4, 0.5) is 10.8 Å². The van der Waals surface area contributed by atoms with E-state index in [-0.39, 0.29) is 23.6 Å². The predicted octanol–water partition coefficient (Wildman–Crippen LogP) is 1.55. The number of hydrogen-bond acceptors (Lipinski definition) is 6. The molecule has 1 N–H and O–H groups in total. The monoisotopic (exact) mass is 348 g/mol. The van der Waals surface area contributed by atoms with E-state index in [9.17, 15) is 13.2 Å². The molecule has 8 nitrogen and oxygen atoms in total. The zero-order valence-corrected chi connectivity index (χ0v) is 13.8. The van der Waals surface area contributed by atoms with Gasteiger partial charge in [0.15, 0.2) is 15.7 Å². The summed E-state index contributed by atoms with van der Waals surface area (Å²) >= 11 is 0. The molecule has 0 fully saturated rings. The molecular weight excluding hydrogens is 332 g/mol. The Morgan fingerprint density at radius 2 is 2.08 bits per heavy atom. The zero-order valence-electron chi connectivity index (χ0n) is 13.0. The van der Waals surface area contributed by atoms with Gasteiger partial charge < -0.3 is 9.42 Å². The minimum absolute atomic E-state index is 0.0114. The van der Waals surface area contributed by atoms with Crippen molar-refractivity contribution in [3.05, 3.63) is 47.8 Å². The van der Waals surface area contributed by atoms with Gasteiger partial charge in [-0.3, -0.25) is 5.32 Å². The molecule has 0 spiro atoms. The molecule has 24 heavy (non-hydrogen) atoms. The maximum atomic E-state index is 12.2. The van der Waals surface area contributed by atoms with E-state index < -0.39 is 9.84 Å². The van der Waals surface area contributed by atoms with Crippen LogP contribution >= 0.6 is 0 Å². The third-order valence-electron chi connectivity index (χ3n) is 3.42. The highest BCUT2D eigenvalue weighted by atomic mass is 32.2. The Bertz CT molecular complexity index is 874. The fourth-order valence-electron chi connectivity index (χ4n) is 2.34. The van der Waals surface area contributed by atoms with Gasteiger partial charge in [-0.15, -0.1) is 0 Å². The van der Waals surface area contributed by atoms with E-state index in [1.165, 1.54) is 0 Å². The molecule has 9 heteroatoms. The number of anilines is 1. The molecule has 0 atom stereocenters. The van der Waals surface area contributed by atoms with Gasteiger partial charge in [0.1, 0.15) is 5.75 Å². The van der Waals surface area contributed by atoms with Gasteiger partial charge >= 0.3 is 12.0 Å². The average molecular weight is 348 g/mol. The molecule has 1 aromatic heterocycles. The summed E-state index contributed by atoms with van der Waals surface area (Å²) in [6.07, 6.45) is 3.06. The molecular formula is C15H16N4O4S. The maximum absolute atomic E-state index is 12.2. The quantitative estimate of drug-likeness (QED) is 0.898. The number of aromatic nitrogens is 2. The summed E-state index contributed by atoms with van der Waals surface area (Å²) in [4.78, 5) is 17.7. The molecule has 0 saturated heterocycles.